The summed E-state index contributed by atoms with van der Waals surface area (Å²) >= 11 is 0. The van der Waals surface area contributed by atoms with E-state index in [0.29, 0.717) is 18.2 Å². The molecule has 1 aromatic rings. The normalized spacial score (nSPS) is 25.2. The molecule has 106 valence electrons. The molecular weight excluding hydrogens is 234 g/mol. The topological polar surface area (TPSA) is 21.3 Å². The highest BCUT2D eigenvalue weighted by Gasteiger charge is 2.23. The van der Waals surface area contributed by atoms with Crippen molar-refractivity contribution in [1.82, 2.24) is 5.32 Å². The molecule has 3 atom stereocenters. The van der Waals surface area contributed by atoms with Gasteiger partial charge in [-0.25, -0.2) is 0 Å². The lowest BCUT2D eigenvalue weighted by molar-refractivity contribution is -0.00473. The molecule has 0 bridgehead atoms. The van der Waals surface area contributed by atoms with Crippen LogP contribution in [0.25, 0.3) is 0 Å². The summed E-state index contributed by atoms with van der Waals surface area (Å²) in [7, 11) is 0. The second kappa shape index (κ2) is 7.06. The maximum Gasteiger partial charge on any atom is 0.0589 e. The van der Waals surface area contributed by atoms with Crippen LogP contribution >= 0.6 is 0 Å². The van der Waals surface area contributed by atoms with Gasteiger partial charge in [0.15, 0.2) is 0 Å². The maximum absolute atomic E-state index is 5.82. The van der Waals surface area contributed by atoms with Gasteiger partial charge in [0.25, 0.3) is 0 Å². The van der Waals surface area contributed by atoms with Crippen molar-refractivity contribution in [2.75, 3.05) is 6.61 Å². The Kier molecular flexibility index (Phi) is 5.41. The molecule has 19 heavy (non-hydrogen) atoms. The monoisotopic (exact) mass is 261 g/mol. The molecule has 0 aliphatic carbocycles. The van der Waals surface area contributed by atoms with E-state index in [0.717, 1.165) is 19.4 Å². The Morgan fingerprint density at radius 1 is 1.37 bits per heavy atom. The number of nitrogens with one attached hydrogen (secondary N) is 1. The minimum atomic E-state index is 0.423. The molecule has 2 nitrogen and oxygen atoms in total. The number of rotatable bonds is 5. The quantitative estimate of drug-likeness (QED) is 0.865. The molecule has 0 spiro atoms. The van der Waals surface area contributed by atoms with Crippen molar-refractivity contribution in [3.8, 4) is 0 Å². The molecule has 1 aliphatic heterocycles. The lowest BCUT2D eigenvalue weighted by atomic mass is 9.97. The zero-order valence-electron chi connectivity index (χ0n) is 12.5. The first-order chi connectivity index (χ1) is 9.20. The van der Waals surface area contributed by atoms with Gasteiger partial charge in [-0.1, -0.05) is 37.6 Å². The fraction of sp³-hybridized carbons (Fsp3) is 0.647. The van der Waals surface area contributed by atoms with Crippen molar-refractivity contribution in [2.45, 2.75) is 64.6 Å². The largest absolute Gasteiger partial charge is 0.378 e. The summed E-state index contributed by atoms with van der Waals surface area (Å²) in [4.78, 5) is 0. The summed E-state index contributed by atoms with van der Waals surface area (Å²) in [5.74, 6) is 0. The lowest BCUT2D eigenvalue weighted by Crippen LogP contribution is -2.40. The summed E-state index contributed by atoms with van der Waals surface area (Å²) in [5, 5.41) is 3.78. The van der Waals surface area contributed by atoms with Crippen molar-refractivity contribution in [1.29, 1.82) is 0 Å². The van der Waals surface area contributed by atoms with Gasteiger partial charge in [0.2, 0.25) is 0 Å². The first-order valence-corrected chi connectivity index (χ1v) is 7.64. The zero-order chi connectivity index (χ0) is 13.7. The second-order valence-electron chi connectivity index (χ2n) is 5.75. The average molecular weight is 261 g/mol. The molecule has 1 saturated heterocycles. The molecule has 1 aromatic carbocycles. The molecule has 0 aromatic heterocycles. The minimum absolute atomic E-state index is 0.423. The Morgan fingerprint density at radius 2 is 2.16 bits per heavy atom. The second-order valence-corrected chi connectivity index (χ2v) is 5.75. The first kappa shape index (κ1) is 14.5. The number of ether oxygens (including phenoxy) is 1. The molecule has 0 saturated carbocycles. The van der Waals surface area contributed by atoms with Gasteiger partial charge in [0, 0.05) is 18.7 Å². The molecule has 2 rings (SSSR count). The highest BCUT2D eigenvalue weighted by atomic mass is 16.5. The predicted octanol–water partition coefficient (Wildman–Crippen LogP) is 3.99. The number of hydrogen-bond acceptors (Lipinski definition) is 2. The number of hydrogen-bond donors (Lipinski definition) is 1. The van der Waals surface area contributed by atoms with E-state index >= 15 is 0 Å². The molecule has 0 radical (unpaired) electrons. The molecule has 2 unspecified atom stereocenters. The van der Waals surface area contributed by atoms with Gasteiger partial charge >= 0.3 is 0 Å². The minimum Gasteiger partial charge on any atom is -0.378 e. The summed E-state index contributed by atoms with van der Waals surface area (Å²) < 4.78 is 5.82. The van der Waals surface area contributed by atoms with Crippen LogP contribution in [0, 0.1) is 6.92 Å². The third-order valence-electron chi connectivity index (χ3n) is 4.12. The van der Waals surface area contributed by atoms with E-state index in [4.69, 9.17) is 4.74 Å². The molecule has 1 fully saturated rings. The van der Waals surface area contributed by atoms with E-state index in [1.807, 2.05) is 0 Å². The van der Waals surface area contributed by atoms with Crippen LogP contribution in [0.4, 0.5) is 0 Å². The van der Waals surface area contributed by atoms with E-state index in [1.165, 1.54) is 24.0 Å². The molecule has 1 heterocycles. The first-order valence-electron chi connectivity index (χ1n) is 7.64. The summed E-state index contributed by atoms with van der Waals surface area (Å²) in [5.41, 5.74) is 2.79. The summed E-state index contributed by atoms with van der Waals surface area (Å²) in [6, 6.07) is 9.68. The van der Waals surface area contributed by atoms with Crippen LogP contribution in [0.15, 0.2) is 24.3 Å². The van der Waals surface area contributed by atoms with Crippen LogP contribution in [0.5, 0.6) is 0 Å². The summed E-state index contributed by atoms with van der Waals surface area (Å²) in [6.45, 7) is 7.60. The highest BCUT2D eigenvalue weighted by Crippen LogP contribution is 2.22. The number of aryl methyl sites for hydroxylation is 1. The SMILES string of the molecule is CCCC1CC(N[C@@H](C)c2ccccc2C)CCO1. The third-order valence-corrected chi connectivity index (χ3v) is 4.12. The average Bonchev–Trinajstić information content (AvgIpc) is 2.40. The van der Waals surface area contributed by atoms with Gasteiger partial charge in [-0.05, 0) is 44.2 Å². The molecular formula is C17H27NO. The van der Waals surface area contributed by atoms with Crippen LogP contribution < -0.4 is 5.32 Å². The molecule has 1 N–H and O–H groups in total. The molecule has 1 aliphatic rings. The van der Waals surface area contributed by atoms with E-state index in [-0.39, 0.29) is 0 Å². The predicted molar refractivity (Wildman–Crippen MR) is 80.4 cm³/mol. The zero-order valence-corrected chi connectivity index (χ0v) is 12.5. The van der Waals surface area contributed by atoms with Gasteiger partial charge in [-0.15, -0.1) is 0 Å². The Hall–Kier alpha value is -0.860. The fourth-order valence-electron chi connectivity index (χ4n) is 3.07. The van der Waals surface area contributed by atoms with Gasteiger partial charge in [-0.3, -0.25) is 0 Å². The van der Waals surface area contributed by atoms with Gasteiger partial charge in [0.1, 0.15) is 0 Å². The fourth-order valence-corrected chi connectivity index (χ4v) is 3.07. The van der Waals surface area contributed by atoms with Gasteiger partial charge in [-0.2, -0.15) is 0 Å². The van der Waals surface area contributed by atoms with E-state index in [9.17, 15) is 0 Å². The van der Waals surface area contributed by atoms with Crippen molar-refractivity contribution >= 4 is 0 Å². The van der Waals surface area contributed by atoms with Gasteiger partial charge in [0.05, 0.1) is 6.10 Å². The maximum atomic E-state index is 5.82. The van der Waals surface area contributed by atoms with Crippen molar-refractivity contribution < 1.29 is 4.74 Å². The van der Waals surface area contributed by atoms with Crippen LogP contribution in [0.2, 0.25) is 0 Å². The lowest BCUT2D eigenvalue weighted by Gasteiger charge is -2.32. The Labute approximate surface area is 117 Å². The smallest absolute Gasteiger partial charge is 0.0589 e. The Bertz CT molecular complexity index is 389. The Morgan fingerprint density at radius 3 is 2.89 bits per heavy atom. The van der Waals surface area contributed by atoms with Crippen molar-refractivity contribution in [2.24, 2.45) is 0 Å². The molecule has 2 heteroatoms. The Balaban J connectivity index is 1.91. The van der Waals surface area contributed by atoms with E-state index in [1.54, 1.807) is 0 Å². The van der Waals surface area contributed by atoms with Crippen LogP contribution in [0.3, 0.4) is 0 Å². The van der Waals surface area contributed by atoms with Crippen molar-refractivity contribution in [3.63, 3.8) is 0 Å². The van der Waals surface area contributed by atoms with E-state index in [2.05, 4.69) is 50.4 Å². The van der Waals surface area contributed by atoms with E-state index < -0.39 is 0 Å². The van der Waals surface area contributed by atoms with Gasteiger partial charge < -0.3 is 10.1 Å². The number of benzene rings is 1. The van der Waals surface area contributed by atoms with Crippen LogP contribution in [-0.4, -0.2) is 18.8 Å². The van der Waals surface area contributed by atoms with Crippen LogP contribution in [-0.2, 0) is 4.74 Å². The highest BCUT2D eigenvalue weighted by molar-refractivity contribution is 5.28. The summed E-state index contributed by atoms with van der Waals surface area (Å²) in [6.07, 6.45) is 5.16. The third kappa shape index (κ3) is 4.05. The van der Waals surface area contributed by atoms with Crippen molar-refractivity contribution in [3.05, 3.63) is 35.4 Å². The standard InChI is InChI=1S/C17H27NO/c1-4-7-16-12-15(10-11-19-16)18-14(3)17-9-6-5-8-13(17)2/h5-6,8-9,14-16,18H,4,7,10-12H2,1-3H3/t14-,15?,16?/m0/s1. The molecule has 0 amide bonds. The van der Waals surface area contributed by atoms with Crippen LogP contribution in [0.1, 0.15) is 56.7 Å².